The fourth-order valence-electron chi connectivity index (χ4n) is 1.42. The molecule has 5 heteroatoms. The Labute approximate surface area is 85.8 Å². The van der Waals surface area contributed by atoms with Gasteiger partial charge >= 0.3 is 0 Å². The lowest BCUT2D eigenvalue weighted by molar-refractivity contribution is 0.140. The molecule has 0 aliphatic heterocycles. The zero-order valence-corrected chi connectivity index (χ0v) is 8.27. The maximum Gasteiger partial charge on any atom is 0.266 e. The van der Waals surface area contributed by atoms with Crippen molar-refractivity contribution < 1.29 is 18.0 Å². The van der Waals surface area contributed by atoms with Crippen LogP contribution in [0.2, 0.25) is 0 Å². The number of alkyl halides is 2. The number of benzene rings is 1. The van der Waals surface area contributed by atoms with E-state index in [0.717, 1.165) is 6.07 Å². The Balaban J connectivity index is 2.97. The number of aryl methyl sites for hydroxylation is 1. The molecule has 15 heavy (non-hydrogen) atoms. The molecule has 2 nitrogen and oxygen atoms in total. The van der Waals surface area contributed by atoms with Crippen LogP contribution in [0.3, 0.4) is 0 Å². The molecular formula is C10H12F3NO. The van der Waals surface area contributed by atoms with Crippen LogP contribution >= 0.6 is 0 Å². The molecule has 0 unspecified atom stereocenters. The van der Waals surface area contributed by atoms with Gasteiger partial charge in [-0.2, -0.15) is 0 Å². The number of hydrogen-bond donors (Lipinski definition) is 1. The summed E-state index contributed by atoms with van der Waals surface area (Å²) in [5.41, 5.74) is 0.310. The van der Waals surface area contributed by atoms with Crippen LogP contribution in [0.25, 0.3) is 0 Å². The van der Waals surface area contributed by atoms with E-state index >= 15 is 0 Å². The smallest absolute Gasteiger partial charge is 0.266 e. The maximum absolute atomic E-state index is 13.2. The van der Waals surface area contributed by atoms with Crippen molar-refractivity contribution in [2.45, 2.75) is 19.8 Å². The molecule has 0 saturated heterocycles. The fourth-order valence-corrected chi connectivity index (χ4v) is 1.42. The number of hydrogen-bond acceptors (Lipinski definition) is 2. The maximum atomic E-state index is 13.2. The molecule has 0 aliphatic rings. The Bertz CT molecular complexity index is 318. The van der Waals surface area contributed by atoms with Gasteiger partial charge in [0.2, 0.25) is 0 Å². The van der Waals surface area contributed by atoms with Crippen molar-refractivity contribution in [3.8, 4) is 0 Å². The van der Waals surface area contributed by atoms with Crippen LogP contribution in [-0.2, 0) is 11.3 Å². The minimum Gasteiger partial charge on any atom is -0.304 e. The van der Waals surface area contributed by atoms with Crippen molar-refractivity contribution in [1.29, 1.82) is 0 Å². The molecule has 0 amide bonds. The summed E-state index contributed by atoms with van der Waals surface area (Å²) in [7, 11) is 0. The number of nitrogens with two attached hydrogens (primary N) is 1. The van der Waals surface area contributed by atoms with Gasteiger partial charge in [-0.15, -0.1) is 0 Å². The molecule has 1 aromatic rings. The van der Waals surface area contributed by atoms with E-state index in [1.54, 1.807) is 0 Å². The highest BCUT2D eigenvalue weighted by atomic mass is 19.3. The summed E-state index contributed by atoms with van der Waals surface area (Å²) in [4.78, 5) is 4.33. The van der Waals surface area contributed by atoms with Crippen LogP contribution in [0.15, 0.2) is 12.1 Å². The first-order valence-corrected chi connectivity index (χ1v) is 4.45. The summed E-state index contributed by atoms with van der Waals surface area (Å²) >= 11 is 0. The number of halogens is 3. The Morgan fingerprint density at radius 2 is 2.07 bits per heavy atom. The molecule has 0 bridgehead atoms. The van der Waals surface area contributed by atoms with Crippen LogP contribution in [0.1, 0.15) is 23.1 Å². The SMILES string of the molecule is Cc1cc(CCON)cc(F)c1C(F)F. The Morgan fingerprint density at radius 1 is 1.40 bits per heavy atom. The molecule has 84 valence electrons. The minimum atomic E-state index is -2.79. The van der Waals surface area contributed by atoms with Gasteiger partial charge in [-0.1, -0.05) is 6.07 Å². The predicted octanol–water partition coefficient (Wildman–Crippen LogP) is 2.50. The van der Waals surface area contributed by atoms with Crippen LogP contribution in [-0.4, -0.2) is 6.61 Å². The lowest BCUT2D eigenvalue weighted by atomic mass is 10.0. The first-order valence-electron chi connectivity index (χ1n) is 4.45. The highest BCUT2D eigenvalue weighted by Gasteiger charge is 2.16. The zero-order chi connectivity index (χ0) is 11.4. The normalized spacial score (nSPS) is 11.1. The summed E-state index contributed by atoms with van der Waals surface area (Å²) in [5, 5.41) is 0. The molecule has 0 heterocycles. The van der Waals surface area contributed by atoms with Gasteiger partial charge in [0.1, 0.15) is 5.82 Å². The van der Waals surface area contributed by atoms with Gasteiger partial charge in [-0.05, 0) is 30.5 Å². The molecule has 0 fully saturated rings. The van der Waals surface area contributed by atoms with Crippen LogP contribution in [0, 0.1) is 12.7 Å². The van der Waals surface area contributed by atoms with Gasteiger partial charge in [0.15, 0.2) is 0 Å². The average Bonchev–Trinajstić information content (AvgIpc) is 2.12. The van der Waals surface area contributed by atoms with Crippen LogP contribution < -0.4 is 5.90 Å². The van der Waals surface area contributed by atoms with E-state index in [1.165, 1.54) is 13.0 Å². The second kappa shape index (κ2) is 5.14. The summed E-state index contributed by atoms with van der Waals surface area (Å²) in [6.45, 7) is 1.68. The van der Waals surface area contributed by atoms with Gasteiger partial charge in [0.05, 0.1) is 12.2 Å². The zero-order valence-electron chi connectivity index (χ0n) is 8.27. The van der Waals surface area contributed by atoms with E-state index in [2.05, 4.69) is 4.84 Å². The second-order valence-electron chi connectivity index (χ2n) is 3.23. The summed E-state index contributed by atoms with van der Waals surface area (Å²) in [6.07, 6.45) is -2.39. The van der Waals surface area contributed by atoms with Crippen molar-refractivity contribution in [3.05, 3.63) is 34.6 Å². The van der Waals surface area contributed by atoms with E-state index in [1.807, 2.05) is 0 Å². The summed E-state index contributed by atoms with van der Waals surface area (Å²) in [5.74, 6) is 3.94. The molecule has 2 N–H and O–H groups in total. The van der Waals surface area contributed by atoms with E-state index < -0.39 is 17.8 Å². The first-order chi connectivity index (χ1) is 7.06. The van der Waals surface area contributed by atoms with Crippen LogP contribution in [0.4, 0.5) is 13.2 Å². The minimum absolute atomic E-state index is 0.229. The molecule has 1 rings (SSSR count). The summed E-state index contributed by atoms with van der Waals surface area (Å²) in [6, 6.07) is 2.61. The lowest BCUT2D eigenvalue weighted by Gasteiger charge is -2.09. The summed E-state index contributed by atoms with van der Waals surface area (Å²) < 4.78 is 38.0. The molecule has 0 atom stereocenters. The van der Waals surface area contributed by atoms with E-state index in [4.69, 9.17) is 5.90 Å². The fraction of sp³-hybridized carbons (Fsp3) is 0.400. The topological polar surface area (TPSA) is 35.2 Å². The molecule has 0 aliphatic carbocycles. The third-order valence-corrected chi connectivity index (χ3v) is 2.12. The van der Waals surface area contributed by atoms with Gasteiger partial charge in [-0.3, -0.25) is 0 Å². The third kappa shape index (κ3) is 2.94. The van der Waals surface area contributed by atoms with Crippen molar-refractivity contribution >= 4 is 0 Å². The second-order valence-corrected chi connectivity index (χ2v) is 3.23. The van der Waals surface area contributed by atoms with Crippen molar-refractivity contribution in [2.75, 3.05) is 6.61 Å². The number of rotatable bonds is 4. The molecule has 0 aromatic heterocycles. The standard InChI is InChI=1S/C10H12F3NO/c1-6-4-7(2-3-15-14)5-8(11)9(6)10(12)13/h4-5,10H,2-3,14H2,1H3. The van der Waals surface area contributed by atoms with Gasteiger partial charge in [0, 0.05) is 0 Å². The van der Waals surface area contributed by atoms with Crippen LogP contribution in [0.5, 0.6) is 0 Å². The van der Waals surface area contributed by atoms with Crippen molar-refractivity contribution in [3.63, 3.8) is 0 Å². The van der Waals surface area contributed by atoms with Gasteiger partial charge in [-0.25, -0.2) is 19.1 Å². The van der Waals surface area contributed by atoms with E-state index in [-0.39, 0.29) is 12.2 Å². The van der Waals surface area contributed by atoms with Gasteiger partial charge in [0.25, 0.3) is 6.43 Å². The Kier molecular flexibility index (Phi) is 4.11. The van der Waals surface area contributed by atoms with Crippen molar-refractivity contribution in [1.82, 2.24) is 0 Å². The molecule has 0 radical (unpaired) electrons. The molecule has 0 spiro atoms. The average molecular weight is 219 g/mol. The van der Waals surface area contributed by atoms with Gasteiger partial charge < -0.3 is 4.84 Å². The quantitative estimate of drug-likeness (QED) is 0.789. The Morgan fingerprint density at radius 3 is 2.53 bits per heavy atom. The molecule has 1 aromatic carbocycles. The highest BCUT2D eigenvalue weighted by molar-refractivity contribution is 5.33. The monoisotopic (exact) mass is 219 g/mol. The predicted molar refractivity (Wildman–Crippen MR) is 49.9 cm³/mol. The third-order valence-electron chi connectivity index (χ3n) is 2.12. The van der Waals surface area contributed by atoms with E-state index in [9.17, 15) is 13.2 Å². The lowest BCUT2D eigenvalue weighted by Crippen LogP contribution is -2.05. The molecule has 0 saturated carbocycles. The van der Waals surface area contributed by atoms with E-state index in [0.29, 0.717) is 12.0 Å². The largest absolute Gasteiger partial charge is 0.304 e. The van der Waals surface area contributed by atoms with Crippen molar-refractivity contribution in [2.24, 2.45) is 5.90 Å². The highest BCUT2D eigenvalue weighted by Crippen LogP contribution is 2.26. The molecular weight excluding hydrogens is 207 g/mol. The first kappa shape index (κ1) is 12.0. The Hall–Kier alpha value is -1.07.